The van der Waals surface area contributed by atoms with Crippen LogP contribution in [0.15, 0.2) is 60.0 Å². The Morgan fingerprint density at radius 2 is 1.72 bits per heavy atom. The largest absolute Gasteiger partial charge is 0.349 e. The molecule has 0 bridgehead atoms. The quantitative estimate of drug-likeness (QED) is 0.499. The van der Waals surface area contributed by atoms with E-state index in [4.69, 9.17) is 11.6 Å². The summed E-state index contributed by atoms with van der Waals surface area (Å²) in [6, 6.07) is 10.4. The molecular weight excluding hydrogens is 450 g/mol. The number of hydrogen-bond acceptors (Lipinski definition) is 4. The van der Waals surface area contributed by atoms with E-state index in [9.17, 15) is 18.0 Å². The lowest BCUT2D eigenvalue weighted by molar-refractivity contribution is 0.0926. The van der Waals surface area contributed by atoms with Gasteiger partial charge in [-0.1, -0.05) is 36.9 Å². The van der Waals surface area contributed by atoms with E-state index >= 15 is 0 Å². The first kappa shape index (κ1) is 24.0. The molecule has 1 saturated carbocycles. The van der Waals surface area contributed by atoms with Crippen molar-refractivity contribution in [3.05, 3.63) is 71.3 Å². The van der Waals surface area contributed by atoms with E-state index in [0.717, 1.165) is 25.7 Å². The van der Waals surface area contributed by atoms with Gasteiger partial charge in [0.1, 0.15) is 0 Å². The number of sulfonamides is 1. The van der Waals surface area contributed by atoms with Crippen LogP contribution in [0, 0.1) is 0 Å². The highest BCUT2D eigenvalue weighted by atomic mass is 35.5. The van der Waals surface area contributed by atoms with Gasteiger partial charge < -0.3 is 10.6 Å². The van der Waals surface area contributed by atoms with Crippen molar-refractivity contribution in [1.82, 2.24) is 10.0 Å². The first-order valence-electron chi connectivity index (χ1n) is 10.4. The maximum atomic E-state index is 12.7. The number of amides is 2. The normalized spacial score (nSPS) is 14.5. The number of anilines is 1. The van der Waals surface area contributed by atoms with Crippen molar-refractivity contribution in [2.45, 2.75) is 43.0 Å². The van der Waals surface area contributed by atoms with Gasteiger partial charge in [0.25, 0.3) is 11.8 Å². The summed E-state index contributed by atoms with van der Waals surface area (Å²) in [7, 11) is -3.67. The van der Waals surface area contributed by atoms with E-state index in [1.54, 1.807) is 12.1 Å². The molecule has 1 fully saturated rings. The monoisotopic (exact) mass is 475 g/mol. The topological polar surface area (TPSA) is 104 Å². The maximum Gasteiger partial charge on any atom is 0.255 e. The molecule has 170 valence electrons. The van der Waals surface area contributed by atoms with Gasteiger partial charge in [-0.25, -0.2) is 13.1 Å². The zero-order chi connectivity index (χ0) is 23.1. The van der Waals surface area contributed by atoms with E-state index in [1.807, 2.05) is 0 Å². The van der Waals surface area contributed by atoms with Gasteiger partial charge in [0, 0.05) is 23.8 Å². The molecule has 2 aromatic rings. The van der Waals surface area contributed by atoms with E-state index in [-0.39, 0.29) is 29.0 Å². The van der Waals surface area contributed by atoms with Crippen LogP contribution >= 0.6 is 11.6 Å². The van der Waals surface area contributed by atoms with E-state index < -0.39 is 15.9 Å². The number of rotatable bonds is 8. The number of carbonyl (C=O) groups excluding carboxylic acids is 2. The Labute approximate surface area is 193 Å². The Hall–Kier alpha value is -2.68. The first-order valence-corrected chi connectivity index (χ1v) is 12.3. The fourth-order valence-corrected chi connectivity index (χ4v) is 4.73. The molecule has 0 heterocycles. The van der Waals surface area contributed by atoms with Crippen molar-refractivity contribution < 1.29 is 18.0 Å². The molecule has 2 amide bonds. The van der Waals surface area contributed by atoms with Crippen LogP contribution in [0.25, 0.3) is 0 Å². The van der Waals surface area contributed by atoms with Gasteiger partial charge in [0.2, 0.25) is 10.0 Å². The van der Waals surface area contributed by atoms with Crippen molar-refractivity contribution in [3.8, 4) is 0 Å². The van der Waals surface area contributed by atoms with Gasteiger partial charge in [-0.2, -0.15) is 0 Å². The Balaban J connectivity index is 1.69. The molecule has 1 aliphatic rings. The minimum atomic E-state index is -3.67. The predicted octanol–water partition coefficient (Wildman–Crippen LogP) is 4.12. The van der Waals surface area contributed by atoms with Gasteiger partial charge >= 0.3 is 0 Å². The molecule has 9 heteroatoms. The van der Waals surface area contributed by atoms with Crippen LogP contribution in [0.1, 0.15) is 52.8 Å². The zero-order valence-corrected chi connectivity index (χ0v) is 19.1. The molecule has 3 N–H and O–H groups in total. The molecule has 0 aromatic heterocycles. The number of benzene rings is 2. The summed E-state index contributed by atoms with van der Waals surface area (Å²) in [6.07, 6.45) is 6.73. The summed E-state index contributed by atoms with van der Waals surface area (Å²) < 4.78 is 26.6. The third kappa shape index (κ3) is 6.18. The Bertz CT molecular complexity index is 1090. The van der Waals surface area contributed by atoms with Crippen LogP contribution in [0.4, 0.5) is 5.69 Å². The summed E-state index contributed by atoms with van der Waals surface area (Å²) in [5, 5.41) is 6.04. The van der Waals surface area contributed by atoms with Crippen molar-refractivity contribution in [2.24, 2.45) is 0 Å². The minimum Gasteiger partial charge on any atom is -0.349 e. The van der Waals surface area contributed by atoms with E-state index in [1.165, 1.54) is 42.8 Å². The lowest BCUT2D eigenvalue weighted by Crippen LogP contribution is -2.36. The molecule has 0 atom stereocenters. The van der Waals surface area contributed by atoms with Crippen LogP contribution in [-0.4, -0.2) is 32.8 Å². The van der Waals surface area contributed by atoms with Crippen molar-refractivity contribution in [1.29, 1.82) is 0 Å². The standard InChI is InChI=1S/C23H26ClN3O4S/c1-2-14-25-32(30,31)19-11-8-16(9-12-19)22(28)27-18-10-13-21(24)20(15-18)23(29)26-17-6-4-3-5-7-17/h2,8-13,15,17,25H,1,3-7,14H2,(H,26,29)(H,27,28). The minimum absolute atomic E-state index is 0.0454. The predicted molar refractivity (Wildman–Crippen MR) is 126 cm³/mol. The summed E-state index contributed by atoms with van der Waals surface area (Å²) in [5.41, 5.74) is 0.984. The molecule has 0 radical (unpaired) electrons. The van der Waals surface area contributed by atoms with Crippen LogP contribution in [-0.2, 0) is 10.0 Å². The zero-order valence-electron chi connectivity index (χ0n) is 17.6. The van der Waals surface area contributed by atoms with E-state index in [2.05, 4.69) is 21.9 Å². The third-order valence-electron chi connectivity index (χ3n) is 5.25. The molecule has 0 aliphatic heterocycles. The molecule has 0 saturated heterocycles. The molecule has 0 spiro atoms. The average Bonchev–Trinajstić information content (AvgIpc) is 2.79. The second-order valence-corrected chi connectivity index (χ2v) is 9.80. The smallest absolute Gasteiger partial charge is 0.255 e. The molecule has 32 heavy (non-hydrogen) atoms. The Morgan fingerprint density at radius 1 is 1.03 bits per heavy atom. The number of carbonyl (C=O) groups is 2. The summed E-state index contributed by atoms with van der Waals surface area (Å²) in [4.78, 5) is 25.3. The summed E-state index contributed by atoms with van der Waals surface area (Å²) in [5.74, 6) is -0.700. The van der Waals surface area contributed by atoms with Gasteiger partial charge in [0.15, 0.2) is 0 Å². The second kappa shape index (κ2) is 10.8. The maximum absolute atomic E-state index is 12.7. The van der Waals surface area contributed by atoms with Crippen LogP contribution in [0.3, 0.4) is 0 Å². The van der Waals surface area contributed by atoms with Crippen LogP contribution in [0.2, 0.25) is 5.02 Å². The highest BCUT2D eigenvalue weighted by Gasteiger charge is 2.19. The average molecular weight is 476 g/mol. The third-order valence-corrected chi connectivity index (χ3v) is 7.02. The Morgan fingerprint density at radius 3 is 2.38 bits per heavy atom. The molecule has 2 aromatic carbocycles. The Kier molecular flexibility index (Phi) is 8.06. The van der Waals surface area contributed by atoms with Gasteiger partial charge in [-0.05, 0) is 55.3 Å². The fraction of sp³-hybridized carbons (Fsp3) is 0.304. The van der Waals surface area contributed by atoms with Crippen LogP contribution in [0.5, 0.6) is 0 Å². The number of nitrogens with one attached hydrogen (secondary N) is 3. The van der Waals surface area contributed by atoms with Crippen LogP contribution < -0.4 is 15.4 Å². The summed E-state index contributed by atoms with van der Waals surface area (Å²) in [6.45, 7) is 3.58. The number of hydrogen-bond donors (Lipinski definition) is 3. The van der Waals surface area contributed by atoms with Gasteiger partial charge in [0.05, 0.1) is 15.5 Å². The first-order chi connectivity index (χ1) is 15.3. The molecule has 7 nitrogen and oxygen atoms in total. The molecule has 1 aliphatic carbocycles. The summed E-state index contributed by atoms with van der Waals surface area (Å²) >= 11 is 6.22. The second-order valence-electron chi connectivity index (χ2n) is 7.62. The highest BCUT2D eigenvalue weighted by Crippen LogP contribution is 2.23. The van der Waals surface area contributed by atoms with Crippen molar-refractivity contribution in [3.63, 3.8) is 0 Å². The molecular formula is C23H26ClN3O4S. The molecule has 3 rings (SSSR count). The van der Waals surface area contributed by atoms with Gasteiger partial charge in [-0.3, -0.25) is 9.59 Å². The lowest BCUT2D eigenvalue weighted by Gasteiger charge is -2.23. The van der Waals surface area contributed by atoms with Crippen molar-refractivity contribution in [2.75, 3.05) is 11.9 Å². The number of halogens is 1. The van der Waals surface area contributed by atoms with E-state index in [0.29, 0.717) is 16.3 Å². The SMILES string of the molecule is C=CCNS(=O)(=O)c1ccc(C(=O)Nc2ccc(Cl)c(C(=O)NC3CCCCC3)c2)cc1. The fourth-order valence-electron chi connectivity index (χ4n) is 3.53. The van der Waals surface area contributed by atoms with Gasteiger partial charge in [-0.15, -0.1) is 6.58 Å². The molecule has 0 unspecified atom stereocenters. The highest BCUT2D eigenvalue weighted by molar-refractivity contribution is 7.89. The lowest BCUT2D eigenvalue weighted by atomic mass is 9.95. The van der Waals surface area contributed by atoms with Crippen molar-refractivity contribution >= 4 is 39.1 Å².